The highest BCUT2D eigenvalue weighted by Gasteiger charge is 2.41. The number of halogens is 3. The number of alkyl halides is 3. The number of nitrogens with one attached hydrogen (secondary N) is 1. The van der Waals surface area contributed by atoms with Crippen molar-refractivity contribution in [3.05, 3.63) is 93.5 Å². The normalized spacial score (nSPS) is 15.5. The first kappa shape index (κ1) is 34.5. The molecule has 46 heavy (non-hydrogen) atoms. The van der Waals surface area contributed by atoms with Crippen molar-refractivity contribution in [1.82, 2.24) is 5.32 Å². The molecule has 0 unspecified atom stereocenters. The van der Waals surface area contributed by atoms with Crippen LogP contribution < -0.4 is 20.7 Å². The second-order valence-electron chi connectivity index (χ2n) is 12.7. The van der Waals surface area contributed by atoms with Crippen molar-refractivity contribution in [3.8, 4) is 5.75 Å². The van der Waals surface area contributed by atoms with E-state index in [1.807, 2.05) is 30.3 Å². The van der Waals surface area contributed by atoms with Crippen molar-refractivity contribution in [2.45, 2.75) is 84.7 Å². The third-order valence-corrected chi connectivity index (χ3v) is 7.76. The van der Waals surface area contributed by atoms with Gasteiger partial charge in [-0.1, -0.05) is 36.4 Å². The van der Waals surface area contributed by atoms with E-state index in [4.69, 9.17) is 15.2 Å². The summed E-state index contributed by atoms with van der Waals surface area (Å²) in [6, 6.07) is 13.3. The molecule has 0 saturated heterocycles. The number of anilines is 1. The van der Waals surface area contributed by atoms with Gasteiger partial charge < -0.3 is 25.4 Å². The molecule has 1 heterocycles. The summed E-state index contributed by atoms with van der Waals surface area (Å²) in [7, 11) is 0. The first-order valence-electron chi connectivity index (χ1n) is 15.1. The van der Waals surface area contributed by atoms with E-state index >= 15 is 0 Å². The molecule has 1 aliphatic rings. The van der Waals surface area contributed by atoms with Gasteiger partial charge in [0.05, 0.1) is 23.3 Å². The lowest BCUT2D eigenvalue weighted by atomic mass is 9.88. The smallest absolute Gasteiger partial charge is 0.428 e. The summed E-state index contributed by atoms with van der Waals surface area (Å²) in [5.41, 5.74) is 8.18. The topological polar surface area (TPSA) is 111 Å². The fourth-order valence-electron chi connectivity index (χ4n) is 5.72. The molecule has 11 heteroatoms. The second-order valence-corrected chi connectivity index (χ2v) is 12.7. The van der Waals surface area contributed by atoms with Crippen molar-refractivity contribution < 1.29 is 37.0 Å². The maximum atomic E-state index is 14.5. The van der Waals surface area contributed by atoms with E-state index in [0.717, 1.165) is 33.2 Å². The highest BCUT2D eigenvalue weighted by atomic mass is 19.4. The molecule has 2 amide bonds. The number of hydrogen-bond donors (Lipinski definition) is 2. The molecular formula is C35H40F3N3O5. The minimum Gasteiger partial charge on any atom is -0.428 e. The van der Waals surface area contributed by atoms with E-state index in [1.165, 1.54) is 6.92 Å². The van der Waals surface area contributed by atoms with Crippen LogP contribution in [0, 0.1) is 13.8 Å². The van der Waals surface area contributed by atoms with Gasteiger partial charge in [0.25, 0.3) is 0 Å². The van der Waals surface area contributed by atoms with Gasteiger partial charge in [-0.25, -0.2) is 4.79 Å². The largest absolute Gasteiger partial charge is 0.514 e. The zero-order valence-corrected chi connectivity index (χ0v) is 26.9. The van der Waals surface area contributed by atoms with Crippen molar-refractivity contribution >= 4 is 23.7 Å². The summed E-state index contributed by atoms with van der Waals surface area (Å²) >= 11 is 0. The summed E-state index contributed by atoms with van der Waals surface area (Å²) in [6.45, 7) is 10.0. The molecule has 0 saturated carbocycles. The van der Waals surface area contributed by atoms with Gasteiger partial charge in [-0.3, -0.25) is 9.59 Å². The Balaban J connectivity index is 1.59. The summed E-state index contributed by atoms with van der Waals surface area (Å²) in [5.74, 6) is -0.775. The predicted molar refractivity (Wildman–Crippen MR) is 169 cm³/mol. The zero-order chi connectivity index (χ0) is 34.0. The molecule has 4 rings (SSSR count). The number of carbonyl (C=O) groups is 3. The van der Waals surface area contributed by atoms with Crippen LogP contribution in [0.4, 0.5) is 23.7 Å². The number of nitrogens with zero attached hydrogens (tertiary/aromatic N) is 1. The lowest BCUT2D eigenvalue weighted by Crippen LogP contribution is -2.47. The highest BCUT2D eigenvalue weighted by Crippen LogP contribution is 2.45. The Bertz CT molecular complexity index is 1590. The standard InChI is InChI=1S/C35H40F3N3O5/c1-20-14-25(45-33(44)46-34(4,5)6)15-21(2)26(20)19-29(39)32(43)40-30-12-13-41(22(3)42)31-27(30)17-24(18-28(31)35(36,37)38)16-23-10-8-7-9-11-23/h7-11,14-15,17-18,29-30H,12-13,16,19,39H2,1-6H3,(H,40,43)/t29-,30+/m0/s1. The summed E-state index contributed by atoms with van der Waals surface area (Å²) in [6.07, 6.45) is -4.99. The fraction of sp³-hybridized carbons (Fsp3) is 0.400. The van der Waals surface area contributed by atoms with E-state index in [1.54, 1.807) is 52.8 Å². The van der Waals surface area contributed by atoms with Crippen molar-refractivity contribution in [2.24, 2.45) is 5.73 Å². The van der Waals surface area contributed by atoms with E-state index in [9.17, 15) is 27.6 Å². The third kappa shape index (κ3) is 8.45. The van der Waals surface area contributed by atoms with Gasteiger partial charge in [0, 0.05) is 13.5 Å². The monoisotopic (exact) mass is 639 g/mol. The molecule has 0 spiro atoms. The minimum atomic E-state index is -4.73. The van der Waals surface area contributed by atoms with Crippen LogP contribution in [0.2, 0.25) is 0 Å². The van der Waals surface area contributed by atoms with Gasteiger partial charge in [0.1, 0.15) is 11.4 Å². The van der Waals surface area contributed by atoms with Gasteiger partial charge >= 0.3 is 12.3 Å². The number of amides is 2. The van der Waals surface area contributed by atoms with Gasteiger partial charge in [0.2, 0.25) is 11.8 Å². The van der Waals surface area contributed by atoms with Gasteiger partial charge in [-0.2, -0.15) is 13.2 Å². The highest BCUT2D eigenvalue weighted by molar-refractivity contribution is 5.94. The van der Waals surface area contributed by atoms with E-state index < -0.39 is 47.4 Å². The van der Waals surface area contributed by atoms with Gasteiger partial charge in [0.15, 0.2) is 0 Å². The number of ether oxygens (including phenoxy) is 2. The molecular weight excluding hydrogens is 599 g/mol. The van der Waals surface area contributed by atoms with Crippen LogP contribution >= 0.6 is 0 Å². The Kier molecular flexibility index (Phi) is 10.2. The average molecular weight is 640 g/mol. The van der Waals surface area contributed by atoms with Crippen LogP contribution in [-0.4, -0.2) is 36.2 Å². The van der Waals surface area contributed by atoms with Crippen molar-refractivity contribution in [3.63, 3.8) is 0 Å². The Morgan fingerprint density at radius 3 is 2.20 bits per heavy atom. The molecule has 0 bridgehead atoms. The van der Waals surface area contributed by atoms with Crippen LogP contribution in [0.3, 0.4) is 0 Å². The number of hydrogen-bond acceptors (Lipinski definition) is 6. The van der Waals surface area contributed by atoms with E-state index in [0.29, 0.717) is 5.56 Å². The number of carbonyl (C=O) groups excluding carboxylic acids is 3. The number of nitrogens with two attached hydrogens (primary N) is 1. The first-order chi connectivity index (χ1) is 21.4. The van der Waals surface area contributed by atoms with Gasteiger partial charge in [-0.15, -0.1) is 0 Å². The third-order valence-electron chi connectivity index (χ3n) is 7.76. The molecule has 1 aliphatic heterocycles. The maximum Gasteiger partial charge on any atom is 0.514 e. The van der Waals surface area contributed by atoms with Crippen LogP contribution in [0.25, 0.3) is 0 Å². The Morgan fingerprint density at radius 1 is 1.00 bits per heavy atom. The molecule has 3 aromatic carbocycles. The SMILES string of the molecule is CC(=O)N1CC[C@@H](NC(=O)[C@@H](N)Cc2c(C)cc(OC(=O)OC(C)(C)C)cc2C)c2cc(Cc3ccccc3)cc(C(F)(F)F)c21. The quantitative estimate of drug-likeness (QED) is 0.220. The molecule has 0 aliphatic carbocycles. The average Bonchev–Trinajstić information content (AvgIpc) is 2.93. The van der Waals surface area contributed by atoms with Crippen molar-refractivity contribution in [2.75, 3.05) is 11.4 Å². The number of aryl methyl sites for hydroxylation is 2. The lowest BCUT2D eigenvalue weighted by Gasteiger charge is -2.37. The number of rotatable bonds is 7. The molecule has 0 fully saturated rings. The minimum absolute atomic E-state index is 0.000949. The maximum absolute atomic E-state index is 14.5. The molecule has 2 atom stereocenters. The zero-order valence-electron chi connectivity index (χ0n) is 26.9. The number of fused-ring (bicyclic) bond motifs is 1. The van der Waals surface area contributed by atoms with Crippen LogP contribution in [-0.2, 0) is 33.3 Å². The molecule has 3 N–H and O–H groups in total. The Labute approximate surface area is 267 Å². The Hall–Kier alpha value is -4.38. The molecule has 0 radical (unpaired) electrons. The molecule has 3 aromatic rings. The van der Waals surface area contributed by atoms with E-state index in [-0.39, 0.29) is 42.8 Å². The lowest BCUT2D eigenvalue weighted by molar-refractivity contribution is -0.137. The van der Waals surface area contributed by atoms with Gasteiger partial charge in [-0.05, 0) is 105 Å². The number of benzene rings is 3. The van der Waals surface area contributed by atoms with Crippen LogP contribution in [0.5, 0.6) is 5.75 Å². The summed E-state index contributed by atoms with van der Waals surface area (Å²) in [4.78, 5) is 39.2. The second kappa shape index (κ2) is 13.5. The predicted octanol–water partition coefficient (Wildman–Crippen LogP) is 6.71. The van der Waals surface area contributed by atoms with Crippen LogP contribution in [0.15, 0.2) is 54.6 Å². The van der Waals surface area contributed by atoms with E-state index in [2.05, 4.69) is 5.32 Å². The summed E-state index contributed by atoms with van der Waals surface area (Å²) < 4.78 is 53.9. The molecule has 246 valence electrons. The Morgan fingerprint density at radius 2 is 1.63 bits per heavy atom. The van der Waals surface area contributed by atoms with Crippen LogP contribution in [0.1, 0.15) is 79.1 Å². The van der Waals surface area contributed by atoms with Crippen molar-refractivity contribution in [1.29, 1.82) is 0 Å². The first-order valence-corrected chi connectivity index (χ1v) is 15.1. The fourth-order valence-corrected chi connectivity index (χ4v) is 5.72. The molecule has 0 aromatic heterocycles. The molecule has 8 nitrogen and oxygen atoms in total. The summed E-state index contributed by atoms with van der Waals surface area (Å²) in [5, 5.41) is 2.87.